The van der Waals surface area contributed by atoms with E-state index in [1.165, 1.54) is 9.13 Å². The highest BCUT2D eigenvalue weighted by Crippen LogP contribution is 2.16. The number of anilines is 1. The molecular formula is C10H12IN3. The molecule has 0 radical (unpaired) electrons. The number of hydrogen-bond acceptors (Lipinski definition) is 3. The molecule has 0 saturated heterocycles. The van der Waals surface area contributed by atoms with Gasteiger partial charge in [-0.15, -0.1) is 0 Å². The van der Waals surface area contributed by atoms with Crippen molar-refractivity contribution in [2.45, 2.75) is 6.92 Å². The highest BCUT2D eigenvalue weighted by molar-refractivity contribution is 14.1. The number of rotatable bonds is 1. The van der Waals surface area contributed by atoms with Crippen LogP contribution in [0.4, 0.5) is 5.69 Å². The number of aliphatic imine (C=N–C) groups is 1. The zero-order valence-electron chi connectivity index (χ0n) is 7.97. The zero-order valence-corrected chi connectivity index (χ0v) is 10.1. The molecule has 0 unspecified atom stereocenters. The lowest BCUT2D eigenvalue weighted by atomic mass is 10.2. The van der Waals surface area contributed by atoms with Crippen LogP contribution in [0.5, 0.6) is 0 Å². The molecule has 2 N–H and O–H groups in total. The van der Waals surface area contributed by atoms with Crippen LogP contribution in [0.2, 0.25) is 0 Å². The van der Waals surface area contributed by atoms with Crippen LogP contribution in [0.1, 0.15) is 5.56 Å². The largest absolute Gasteiger partial charge is 0.354 e. The molecule has 0 bridgehead atoms. The molecule has 14 heavy (non-hydrogen) atoms. The Morgan fingerprint density at radius 2 is 2.36 bits per heavy atom. The van der Waals surface area contributed by atoms with Gasteiger partial charge in [-0.1, -0.05) is 6.07 Å². The fraction of sp³-hybridized carbons (Fsp3) is 0.300. The monoisotopic (exact) mass is 301 g/mol. The summed E-state index contributed by atoms with van der Waals surface area (Å²) in [6.45, 7) is 3.91. The van der Waals surface area contributed by atoms with E-state index in [9.17, 15) is 0 Å². The smallest absolute Gasteiger partial charge is 0.195 e. The number of benzene rings is 1. The van der Waals surface area contributed by atoms with Gasteiger partial charge < -0.3 is 10.6 Å². The number of nitrogens with one attached hydrogen (secondary N) is 2. The van der Waals surface area contributed by atoms with E-state index < -0.39 is 0 Å². The third kappa shape index (κ3) is 2.17. The third-order valence-corrected chi connectivity index (χ3v) is 3.27. The normalized spacial score (nSPS) is 14.9. The molecule has 1 aromatic carbocycles. The van der Waals surface area contributed by atoms with Crippen LogP contribution in [-0.2, 0) is 0 Å². The van der Waals surface area contributed by atoms with E-state index in [0.29, 0.717) is 0 Å². The molecule has 0 fully saturated rings. The average Bonchev–Trinajstić information content (AvgIpc) is 2.64. The van der Waals surface area contributed by atoms with Crippen LogP contribution in [0.3, 0.4) is 0 Å². The van der Waals surface area contributed by atoms with Gasteiger partial charge in [-0.05, 0) is 47.2 Å². The minimum absolute atomic E-state index is 0.866. The quantitative estimate of drug-likeness (QED) is 0.778. The summed E-state index contributed by atoms with van der Waals surface area (Å²) in [5.74, 6) is 0.879. The van der Waals surface area contributed by atoms with Gasteiger partial charge in [-0.2, -0.15) is 0 Å². The van der Waals surface area contributed by atoms with Crippen molar-refractivity contribution >= 4 is 34.2 Å². The van der Waals surface area contributed by atoms with Crippen molar-refractivity contribution in [2.24, 2.45) is 4.99 Å². The van der Waals surface area contributed by atoms with Gasteiger partial charge in [0.1, 0.15) is 0 Å². The molecule has 0 aromatic heterocycles. The summed E-state index contributed by atoms with van der Waals surface area (Å²) < 4.78 is 1.27. The number of aryl methyl sites for hydroxylation is 1. The maximum Gasteiger partial charge on any atom is 0.195 e. The van der Waals surface area contributed by atoms with E-state index in [2.05, 4.69) is 63.3 Å². The second-order valence-electron chi connectivity index (χ2n) is 3.25. The van der Waals surface area contributed by atoms with Crippen molar-refractivity contribution in [3.05, 3.63) is 27.3 Å². The van der Waals surface area contributed by atoms with Gasteiger partial charge in [0, 0.05) is 15.8 Å². The van der Waals surface area contributed by atoms with Crippen molar-refractivity contribution in [1.82, 2.24) is 5.32 Å². The minimum Gasteiger partial charge on any atom is -0.354 e. The molecule has 0 amide bonds. The van der Waals surface area contributed by atoms with Gasteiger partial charge >= 0.3 is 0 Å². The van der Waals surface area contributed by atoms with Gasteiger partial charge in [0.2, 0.25) is 0 Å². The van der Waals surface area contributed by atoms with Crippen molar-refractivity contribution < 1.29 is 0 Å². The first-order chi connectivity index (χ1) is 6.75. The van der Waals surface area contributed by atoms with Crippen LogP contribution in [0, 0.1) is 10.5 Å². The number of hydrogen-bond donors (Lipinski definition) is 2. The van der Waals surface area contributed by atoms with Crippen LogP contribution in [0.15, 0.2) is 23.2 Å². The Labute approximate surface area is 97.1 Å². The summed E-state index contributed by atoms with van der Waals surface area (Å²) in [7, 11) is 0. The summed E-state index contributed by atoms with van der Waals surface area (Å²) in [5.41, 5.74) is 2.39. The van der Waals surface area contributed by atoms with Gasteiger partial charge in [-0.25, -0.2) is 0 Å². The van der Waals surface area contributed by atoms with Crippen molar-refractivity contribution in [3.8, 4) is 0 Å². The van der Waals surface area contributed by atoms with Gasteiger partial charge in [0.05, 0.1) is 6.54 Å². The standard InChI is InChI=1S/C10H12IN3/c1-7-2-3-8(6-9(7)11)14-10-12-4-5-13-10/h2-3,6H,4-5H2,1H3,(H2,12,13,14). The average molecular weight is 301 g/mol. The molecular weight excluding hydrogens is 289 g/mol. The molecule has 0 saturated carbocycles. The van der Waals surface area contributed by atoms with E-state index in [1.54, 1.807) is 0 Å². The molecule has 1 aliphatic rings. The molecule has 1 aliphatic heterocycles. The number of halogens is 1. The van der Waals surface area contributed by atoms with Crippen molar-refractivity contribution in [1.29, 1.82) is 0 Å². The molecule has 0 spiro atoms. The van der Waals surface area contributed by atoms with Gasteiger partial charge in [0.15, 0.2) is 5.96 Å². The zero-order chi connectivity index (χ0) is 9.97. The number of guanidine groups is 1. The molecule has 3 nitrogen and oxygen atoms in total. The lowest BCUT2D eigenvalue weighted by Gasteiger charge is -2.07. The lowest BCUT2D eigenvalue weighted by molar-refractivity contribution is 0.959. The summed E-state index contributed by atoms with van der Waals surface area (Å²) >= 11 is 2.34. The first kappa shape index (κ1) is 9.76. The Hall–Kier alpha value is -0.780. The summed E-state index contributed by atoms with van der Waals surface area (Å²) in [6, 6.07) is 6.30. The lowest BCUT2D eigenvalue weighted by Crippen LogP contribution is -2.26. The predicted molar refractivity (Wildman–Crippen MR) is 67.8 cm³/mol. The topological polar surface area (TPSA) is 36.4 Å². The predicted octanol–water partition coefficient (Wildman–Crippen LogP) is 1.97. The van der Waals surface area contributed by atoms with Crippen LogP contribution in [-0.4, -0.2) is 19.0 Å². The van der Waals surface area contributed by atoms with E-state index in [4.69, 9.17) is 0 Å². The Balaban J connectivity index is 2.13. The second kappa shape index (κ2) is 4.16. The first-order valence-corrected chi connectivity index (χ1v) is 5.65. The first-order valence-electron chi connectivity index (χ1n) is 4.57. The molecule has 1 heterocycles. The van der Waals surface area contributed by atoms with Gasteiger partial charge in [-0.3, -0.25) is 4.99 Å². The van der Waals surface area contributed by atoms with E-state index in [-0.39, 0.29) is 0 Å². The van der Waals surface area contributed by atoms with Crippen molar-refractivity contribution in [2.75, 3.05) is 18.4 Å². The maximum atomic E-state index is 4.28. The Morgan fingerprint density at radius 3 is 3.00 bits per heavy atom. The highest BCUT2D eigenvalue weighted by Gasteiger charge is 2.05. The fourth-order valence-electron chi connectivity index (χ4n) is 1.29. The van der Waals surface area contributed by atoms with Crippen LogP contribution >= 0.6 is 22.6 Å². The summed E-state index contributed by atoms with van der Waals surface area (Å²) in [6.07, 6.45) is 0. The van der Waals surface area contributed by atoms with E-state index >= 15 is 0 Å². The SMILES string of the molecule is Cc1ccc(NC2=NCCN2)cc1I. The molecule has 2 rings (SSSR count). The molecule has 1 aromatic rings. The molecule has 0 atom stereocenters. The van der Waals surface area contributed by atoms with E-state index in [1.807, 2.05) is 0 Å². The summed E-state index contributed by atoms with van der Waals surface area (Å²) in [5, 5.41) is 6.42. The van der Waals surface area contributed by atoms with E-state index in [0.717, 1.165) is 24.7 Å². The third-order valence-electron chi connectivity index (χ3n) is 2.11. The molecule has 0 aliphatic carbocycles. The Bertz CT molecular complexity index is 374. The van der Waals surface area contributed by atoms with Gasteiger partial charge in [0.25, 0.3) is 0 Å². The van der Waals surface area contributed by atoms with Crippen LogP contribution in [0.25, 0.3) is 0 Å². The molecule has 4 heteroatoms. The number of nitrogens with zero attached hydrogens (tertiary/aromatic N) is 1. The Morgan fingerprint density at radius 1 is 1.50 bits per heavy atom. The molecule has 74 valence electrons. The maximum absolute atomic E-state index is 4.28. The summed E-state index contributed by atoms with van der Waals surface area (Å²) in [4.78, 5) is 4.28. The second-order valence-corrected chi connectivity index (χ2v) is 4.41. The minimum atomic E-state index is 0.866. The van der Waals surface area contributed by atoms with Crippen molar-refractivity contribution in [3.63, 3.8) is 0 Å². The fourth-order valence-corrected chi connectivity index (χ4v) is 1.80. The van der Waals surface area contributed by atoms with Crippen LogP contribution < -0.4 is 10.6 Å². The Kier molecular flexibility index (Phi) is 2.90. The highest BCUT2D eigenvalue weighted by atomic mass is 127.